The maximum Gasteiger partial charge on any atom is 0.189 e. The largest absolute Gasteiger partial charge is 0.395 e. The molecule has 0 aliphatic rings. The summed E-state index contributed by atoms with van der Waals surface area (Å²) in [6.45, 7) is 10.0. The van der Waals surface area contributed by atoms with Crippen LogP contribution in [0.15, 0.2) is 0 Å². The molecule has 50 heavy (non-hydrogen) atoms. The summed E-state index contributed by atoms with van der Waals surface area (Å²) in [5, 5.41) is 10.9. The van der Waals surface area contributed by atoms with Crippen molar-refractivity contribution >= 4 is 33.8 Å². The molecule has 0 aromatic heterocycles. The van der Waals surface area contributed by atoms with E-state index in [0.717, 1.165) is 51.1 Å². The van der Waals surface area contributed by atoms with Crippen LogP contribution in [0.1, 0.15) is 233 Å². The van der Waals surface area contributed by atoms with Gasteiger partial charge in [0.15, 0.2) is 10.2 Å². The van der Waals surface area contributed by atoms with Crippen molar-refractivity contribution in [2.45, 2.75) is 238 Å². The smallest absolute Gasteiger partial charge is 0.189 e. The third-order valence-electron chi connectivity index (χ3n) is 10.2. The lowest BCUT2D eigenvalue weighted by Crippen LogP contribution is -2.29. The quantitative estimate of drug-likeness (QED) is 0.0630. The van der Waals surface area contributed by atoms with Gasteiger partial charge in [0.2, 0.25) is 0 Å². The minimum atomic E-state index is 0.248. The van der Waals surface area contributed by atoms with Gasteiger partial charge in [0.05, 0.1) is 6.61 Å². The molecule has 0 saturated heterocycles. The van der Waals surface area contributed by atoms with Gasteiger partial charge in [0.1, 0.15) is 0 Å². The van der Waals surface area contributed by atoms with E-state index in [0.29, 0.717) is 15.5 Å². The normalized spacial score (nSPS) is 11.7. The molecular weight excluding hydrogens is 655 g/mol. The van der Waals surface area contributed by atoms with E-state index in [1.807, 2.05) is 0 Å². The first-order valence-electron chi connectivity index (χ1n) is 22.3. The molecule has 0 radical (unpaired) electrons. The number of aliphatic hydroxyl groups is 1. The Morgan fingerprint density at radius 3 is 1.30 bits per heavy atom. The van der Waals surface area contributed by atoms with E-state index < -0.39 is 0 Å². The summed E-state index contributed by atoms with van der Waals surface area (Å²) in [6.07, 6.45) is 40.8. The second-order valence-corrected chi connectivity index (χ2v) is 17.7. The number of hydrogen-bond donors (Lipinski definition) is 1. The fraction of sp³-hybridized carbons (Fsp3) is 0.955. The van der Waals surface area contributed by atoms with E-state index >= 15 is 0 Å². The Balaban J connectivity index is 3.91. The molecule has 0 aromatic rings. The Morgan fingerprint density at radius 2 is 0.840 bits per heavy atom. The van der Waals surface area contributed by atoms with Crippen molar-refractivity contribution < 1.29 is 14.7 Å². The molecule has 0 aliphatic heterocycles. The number of carbonyl (C=O) groups excluding carboxylic acids is 2. The van der Waals surface area contributed by atoms with Crippen LogP contribution in [-0.2, 0) is 9.59 Å². The monoisotopic (exact) mass is 742 g/mol. The van der Waals surface area contributed by atoms with Crippen molar-refractivity contribution in [3.63, 3.8) is 0 Å². The van der Waals surface area contributed by atoms with Crippen molar-refractivity contribution in [2.75, 3.05) is 32.0 Å². The number of thioether (sulfide) groups is 2. The van der Waals surface area contributed by atoms with Gasteiger partial charge in [-0.25, -0.2) is 0 Å². The van der Waals surface area contributed by atoms with Crippen LogP contribution in [0.2, 0.25) is 0 Å². The Morgan fingerprint density at radius 1 is 0.460 bits per heavy atom. The molecule has 0 unspecified atom stereocenters. The zero-order chi connectivity index (χ0) is 36.6. The fourth-order valence-electron chi connectivity index (χ4n) is 6.88. The first-order valence-corrected chi connectivity index (χ1v) is 24.1. The van der Waals surface area contributed by atoms with Crippen LogP contribution >= 0.6 is 23.5 Å². The second-order valence-electron chi connectivity index (χ2n) is 15.2. The third kappa shape index (κ3) is 37.7. The number of aliphatic hydroxyl groups excluding tert-OH is 1. The highest BCUT2D eigenvalue weighted by Crippen LogP contribution is 2.27. The molecule has 0 rings (SSSR count). The van der Waals surface area contributed by atoms with Gasteiger partial charge >= 0.3 is 0 Å². The summed E-state index contributed by atoms with van der Waals surface area (Å²) >= 11 is 3.26. The van der Waals surface area contributed by atoms with E-state index in [9.17, 15) is 14.7 Å². The van der Waals surface area contributed by atoms with Crippen molar-refractivity contribution in [3.8, 4) is 0 Å². The molecule has 0 spiro atoms. The number of hydrogen-bond acceptors (Lipinski definition) is 6. The molecule has 0 atom stereocenters. The first kappa shape index (κ1) is 50.0. The van der Waals surface area contributed by atoms with Crippen LogP contribution in [0.25, 0.3) is 0 Å². The van der Waals surface area contributed by atoms with Crippen molar-refractivity contribution in [2.24, 2.45) is 0 Å². The van der Waals surface area contributed by atoms with Crippen LogP contribution < -0.4 is 0 Å². The third-order valence-corrected chi connectivity index (χ3v) is 12.5. The highest BCUT2D eigenvalue weighted by molar-refractivity contribution is 8.14. The van der Waals surface area contributed by atoms with E-state index in [2.05, 4.69) is 25.7 Å². The molecule has 0 aromatic carbocycles. The number of carbonyl (C=O) groups is 2. The van der Waals surface area contributed by atoms with Crippen molar-refractivity contribution in [1.82, 2.24) is 4.90 Å². The molecule has 0 amide bonds. The summed E-state index contributed by atoms with van der Waals surface area (Å²) in [7, 11) is 0. The van der Waals surface area contributed by atoms with E-state index in [1.54, 1.807) is 23.5 Å². The highest BCUT2D eigenvalue weighted by Gasteiger charge is 2.14. The topological polar surface area (TPSA) is 57.6 Å². The summed E-state index contributed by atoms with van der Waals surface area (Å²) in [4.78, 5) is 27.3. The molecule has 0 fully saturated rings. The Kier molecular flexibility index (Phi) is 41.7. The minimum absolute atomic E-state index is 0.248. The maximum absolute atomic E-state index is 12.9. The van der Waals surface area contributed by atoms with Gasteiger partial charge in [-0.2, -0.15) is 0 Å². The number of rotatable bonds is 41. The standard InChI is InChI=1S/C44H87NO3S2/c1-4-7-10-13-20-26-33-42(34-27-21-14-11-8-5-2)50-44(48)36-29-22-18-24-31-38-45(39-40-46)37-30-23-16-15-17-25-32-41-49-43(47)35-28-19-12-9-6-3/h42,46H,4-41H2,1-3H3. The SMILES string of the molecule is CCCCCCCCC(CCCCCCCC)SC(=O)CCCCCCCN(CCO)CCCCCCCCCSC(=O)CCCCCCC. The number of unbranched alkanes of at least 4 members (excludes halogenated alkanes) is 24. The molecule has 0 heterocycles. The Labute approximate surface area is 322 Å². The lowest BCUT2D eigenvalue weighted by molar-refractivity contribution is -0.111. The van der Waals surface area contributed by atoms with Gasteiger partial charge in [-0.3, -0.25) is 9.59 Å². The van der Waals surface area contributed by atoms with Gasteiger partial charge in [-0.15, -0.1) is 0 Å². The van der Waals surface area contributed by atoms with Gasteiger partial charge in [0.25, 0.3) is 0 Å². The molecular formula is C44H87NO3S2. The molecule has 0 aliphatic carbocycles. The fourth-order valence-corrected chi connectivity index (χ4v) is 8.94. The Bertz CT molecular complexity index is 691. The molecule has 0 bridgehead atoms. The average Bonchev–Trinajstić information content (AvgIpc) is 3.11. The van der Waals surface area contributed by atoms with Crippen LogP contribution in [0.4, 0.5) is 0 Å². The predicted molar refractivity (Wildman–Crippen MR) is 227 cm³/mol. The first-order chi connectivity index (χ1) is 24.6. The van der Waals surface area contributed by atoms with E-state index in [-0.39, 0.29) is 6.61 Å². The second kappa shape index (κ2) is 41.7. The summed E-state index contributed by atoms with van der Waals surface area (Å²) < 4.78 is 0. The van der Waals surface area contributed by atoms with Crippen molar-refractivity contribution in [1.29, 1.82) is 0 Å². The summed E-state index contributed by atoms with van der Waals surface area (Å²) in [5.74, 6) is 1.00. The molecule has 298 valence electrons. The molecule has 0 saturated carbocycles. The van der Waals surface area contributed by atoms with E-state index in [1.165, 1.54) is 186 Å². The zero-order valence-corrected chi connectivity index (χ0v) is 35.6. The van der Waals surface area contributed by atoms with Gasteiger partial charge in [0, 0.05) is 30.4 Å². The Hall–Kier alpha value is -0.0400. The van der Waals surface area contributed by atoms with Crippen LogP contribution in [-0.4, -0.2) is 57.5 Å². The van der Waals surface area contributed by atoms with Crippen molar-refractivity contribution in [3.05, 3.63) is 0 Å². The molecule has 6 heteroatoms. The zero-order valence-electron chi connectivity index (χ0n) is 34.0. The average molecular weight is 742 g/mol. The minimum Gasteiger partial charge on any atom is -0.395 e. The predicted octanol–water partition coefficient (Wildman–Crippen LogP) is 14.1. The maximum atomic E-state index is 12.9. The lowest BCUT2D eigenvalue weighted by Gasteiger charge is -2.21. The highest BCUT2D eigenvalue weighted by atomic mass is 32.2. The number of nitrogens with zero attached hydrogens (tertiary/aromatic N) is 1. The molecule has 4 nitrogen and oxygen atoms in total. The van der Waals surface area contributed by atoms with E-state index in [4.69, 9.17) is 0 Å². The van der Waals surface area contributed by atoms with Gasteiger partial charge in [-0.05, 0) is 58.0 Å². The summed E-state index contributed by atoms with van der Waals surface area (Å²) in [6, 6.07) is 0. The van der Waals surface area contributed by atoms with Gasteiger partial charge < -0.3 is 10.0 Å². The van der Waals surface area contributed by atoms with Crippen LogP contribution in [0.5, 0.6) is 0 Å². The molecule has 1 N–H and O–H groups in total. The van der Waals surface area contributed by atoms with Crippen LogP contribution in [0.3, 0.4) is 0 Å². The van der Waals surface area contributed by atoms with Gasteiger partial charge in [-0.1, -0.05) is 198 Å². The summed E-state index contributed by atoms with van der Waals surface area (Å²) in [5.41, 5.74) is 0. The van der Waals surface area contributed by atoms with Crippen LogP contribution in [0, 0.1) is 0 Å². The lowest BCUT2D eigenvalue weighted by atomic mass is 10.0.